The Labute approximate surface area is 104 Å². The summed E-state index contributed by atoms with van der Waals surface area (Å²) in [6.07, 6.45) is 1.86. The number of hydrogen-bond acceptors (Lipinski definition) is 5. The highest BCUT2D eigenvalue weighted by molar-refractivity contribution is 7.09. The van der Waals surface area contributed by atoms with Gasteiger partial charge >= 0.3 is 6.03 Å². The monoisotopic (exact) mass is 256 g/mol. The first-order valence-electron chi connectivity index (χ1n) is 5.76. The van der Waals surface area contributed by atoms with Gasteiger partial charge in [0.15, 0.2) is 0 Å². The lowest BCUT2D eigenvalue weighted by Gasteiger charge is -2.26. The lowest BCUT2D eigenvalue weighted by Crippen LogP contribution is -2.43. The standard InChI is InChI=1S/C10H16N4O2S/c1-2-3-8-11-9(17-13-8)12-10(15)14-4-6-16-7-5-14/h2-7H2,1H3,(H,11,12,13,15). The van der Waals surface area contributed by atoms with E-state index in [9.17, 15) is 4.79 Å². The number of anilines is 1. The number of morpholine rings is 1. The van der Waals surface area contributed by atoms with Crippen molar-refractivity contribution in [1.29, 1.82) is 0 Å². The number of carbonyl (C=O) groups excluding carboxylic acids is 1. The van der Waals surface area contributed by atoms with Gasteiger partial charge in [-0.1, -0.05) is 6.92 Å². The van der Waals surface area contributed by atoms with Gasteiger partial charge in [0.25, 0.3) is 0 Å². The van der Waals surface area contributed by atoms with Gasteiger partial charge in [-0.05, 0) is 6.42 Å². The van der Waals surface area contributed by atoms with Crippen molar-refractivity contribution in [2.24, 2.45) is 0 Å². The molecule has 7 heteroatoms. The van der Waals surface area contributed by atoms with E-state index in [4.69, 9.17) is 4.74 Å². The van der Waals surface area contributed by atoms with E-state index in [2.05, 4.69) is 21.6 Å². The maximum Gasteiger partial charge on any atom is 0.323 e. The second-order valence-electron chi connectivity index (χ2n) is 3.80. The Bertz CT molecular complexity index is 376. The minimum absolute atomic E-state index is 0.118. The Balaban J connectivity index is 1.88. The van der Waals surface area contributed by atoms with Gasteiger partial charge in [-0.15, -0.1) is 0 Å². The molecule has 17 heavy (non-hydrogen) atoms. The summed E-state index contributed by atoms with van der Waals surface area (Å²) in [5, 5.41) is 3.34. The summed E-state index contributed by atoms with van der Waals surface area (Å²) >= 11 is 1.23. The van der Waals surface area contributed by atoms with Crippen molar-refractivity contribution in [3.05, 3.63) is 5.82 Å². The Morgan fingerprint density at radius 3 is 3.00 bits per heavy atom. The maximum absolute atomic E-state index is 11.8. The van der Waals surface area contributed by atoms with Crippen LogP contribution in [0.15, 0.2) is 0 Å². The van der Waals surface area contributed by atoms with Crippen LogP contribution >= 0.6 is 11.5 Å². The third-order valence-corrected chi connectivity index (χ3v) is 3.12. The zero-order chi connectivity index (χ0) is 12.1. The van der Waals surface area contributed by atoms with Gasteiger partial charge in [0, 0.05) is 31.0 Å². The van der Waals surface area contributed by atoms with Crippen LogP contribution in [0.1, 0.15) is 19.2 Å². The number of ether oxygens (including phenoxy) is 1. The SMILES string of the molecule is CCCc1nsc(NC(=O)N2CCOCC2)n1. The number of urea groups is 1. The van der Waals surface area contributed by atoms with Crippen LogP contribution in [0.3, 0.4) is 0 Å². The molecule has 0 unspecified atom stereocenters. The van der Waals surface area contributed by atoms with Gasteiger partial charge in [-0.25, -0.2) is 9.78 Å². The molecule has 1 aliphatic rings. The van der Waals surface area contributed by atoms with Crippen molar-refractivity contribution in [2.45, 2.75) is 19.8 Å². The highest BCUT2D eigenvalue weighted by Crippen LogP contribution is 2.13. The highest BCUT2D eigenvalue weighted by atomic mass is 32.1. The number of hydrogen-bond donors (Lipinski definition) is 1. The van der Waals surface area contributed by atoms with Crippen LogP contribution < -0.4 is 5.32 Å². The van der Waals surface area contributed by atoms with Crippen LogP contribution in [0, 0.1) is 0 Å². The van der Waals surface area contributed by atoms with Crippen molar-refractivity contribution in [2.75, 3.05) is 31.6 Å². The van der Waals surface area contributed by atoms with Crippen molar-refractivity contribution < 1.29 is 9.53 Å². The quantitative estimate of drug-likeness (QED) is 0.886. The van der Waals surface area contributed by atoms with Crippen LogP contribution in [-0.4, -0.2) is 46.6 Å². The van der Waals surface area contributed by atoms with E-state index in [1.807, 2.05) is 0 Å². The van der Waals surface area contributed by atoms with Crippen LogP contribution in [-0.2, 0) is 11.2 Å². The summed E-state index contributed by atoms with van der Waals surface area (Å²) in [6.45, 7) is 4.54. The summed E-state index contributed by atoms with van der Waals surface area (Å²) in [5.41, 5.74) is 0. The summed E-state index contributed by atoms with van der Waals surface area (Å²) in [7, 11) is 0. The highest BCUT2D eigenvalue weighted by Gasteiger charge is 2.17. The van der Waals surface area contributed by atoms with Crippen LogP contribution in [0.4, 0.5) is 9.93 Å². The molecule has 1 aromatic heterocycles. The topological polar surface area (TPSA) is 67.4 Å². The second-order valence-corrected chi connectivity index (χ2v) is 4.55. The largest absolute Gasteiger partial charge is 0.378 e. The van der Waals surface area contributed by atoms with Gasteiger partial charge < -0.3 is 9.64 Å². The predicted octanol–water partition coefficient (Wildman–Crippen LogP) is 1.35. The smallest absolute Gasteiger partial charge is 0.323 e. The Kier molecular flexibility index (Phi) is 4.27. The van der Waals surface area contributed by atoms with Gasteiger partial charge in [-0.3, -0.25) is 5.32 Å². The number of rotatable bonds is 3. The molecule has 0 atom stereocenters. The van der Waals surface area contributed by atoms with Gasteiger partial charge in [-0.2, -0.15) is 4.37 Å². The minimum atomic E-state index is -0.118. The fraction of sp³-hybridized carbons (Fsp3) is 0.700. The molecule has 2 amide bonds. The van der Waals surface area contributed by atoms with E-state index in [1.165, 1.54) is 11.5 Å². The van der Waals surface area contributed by atoms with Crippen molar-refractivity contribution in [3.63, 3.8) is 0 Å². The van der Waals surface area contributed by atoms with E-state index < -0.39 is 0 Å². The van der Waals surface area contributed by atoms with Crippen molar-refractivity contribution >= 4 is 22.7 Å². The van der Waals surface area contributed by atoms with Crippen LogP contribution in [0.25, 0.3) is 0 Å². The molecule has 0 spiro atoms. The average molecular weight is 256 g/mol. The van der Waals surface area contributed by atoms with Crippen LogP contribution in [0.5, 0.6) is 0 Å². The molecule has 0 saturated carbocycles. The first kappa shape index (κ1) is 12.3. The number of amides is 2. The van der Waals surface area contributed by atoms with Crippen molar-refractivity contribution in [3.8, 4) is 0 Å². The molecule has 0 aromatic carbocycles. The lowest BCUT2D eigenvalue weighted by molar-refractivity contribution is 0.0564. The summed E-state index contributed by atoms with van der Waals surface area (Å²) < 4.78 is 9.37. The molecular formula is C10H16N4O2S. The van der Waals surface area contributed by atoms with Gasteiger partial charge in [0.05, 0.1) is 13.2 Å². The normalized spacial score (nSPS) is 15.9. The van der Waals surface area contributed by atoms with E-state index >= 15 is 0 Å². The van der Waals surface area contributed by atoms with E-state index in [0.29, 0.717) is 31.4 Å². The average Bonchev–Trinajstić information content (AvgIpc) is 2.78. The molecule has 2 heterocycles. The summed E-state index contributed by atoms with van der Waals surface area (Å²) in [5.74, 6) is 0.801. The minimum Gasteiger partial charge on any atom is -0.378 e. The molecule has 1 saturated heterocycles. The molecular weight excluding hydrogens is 240 g/mol. The molecule has 94 valence electrons. The van der Waals surface area contributed by atoms with E-state index in [1.54, 1.807) is 4.90 Å². The Hall–Kier alpha value is -1.21. The predicted molar refractivity (Wildman–Crippen MR) is 65.3 cm³/mol. The molecule has 0 bridgehead atoms. The fourth-order valence-corrected chi connectivity index (χ4v) is 2.17. The summed E-state index contributed by atoms with van der Waals surface area (Å²) in [4.78, 5) is 17.8. The summed E-state index contributed by atoms with van der Waals surface area (Å²) in [6, 6.07) is -0.118. The first-order valence-corrected chi connectivity index (χ1v) is 6.53. The van der Waals surface area contributed by atoms with Crippen LogP contribution in [0.2, 0.25) is 0 Å². The molecule has 1 aromatic rings. The Morgan fingerprint density at radius 2 is 2.29 bits per heavy atom. The second kappa shape index (κ2) is 5.92. The molecule has 2 rings (SSSR count). The van der Waals surface area contributed by atoms with Gasteiger partial charge in [0.1, 0.15) is 5.82 Å². The molecule has 1 N–H and O–H groups in total. The maximum atomic E-state index is 11.8. The molecule has 0 aliphatic carbocycles. The number of aromatic nitrogens is 2. The fourth-order valence-electron chi connectivity index (χ4n) is 1.57. The number of nitrogens with one attached hydrogen (secondary N) is 1. The van der Waals surface area contributed by atoms with Gasteiger partial charge in [0.2, 0.25) is 5.13 Å². The van der Waals surface area contributed by atoms with Crippen molar-refractivity contribution in [1.82, 2.24) is 14.3 Å². The molecule has 1 aliphatic heterocycles. The van der Waals surface area contributed by atoms with E-state index in [-0.39, 0.29) is 6.03 Å². The Morgan fingerprint density at radius 1 is 1.53 bits per heavy atom. The first-order chi connectivity index (χ1) is 8.29. The number of carbonyl (C=O) groups is 1. The molecule has 1 fully saturated rings. The zero-order valence-corrected chi connectivity index (χ0v) is 10.6. The zero-order valence-electron chi connectivity index (χ0n) is 9.81. The molecule has 0 radical (unpaired) electrons. The molecule has 6 nitrogen and oxygen atoms in total. The third kappa shape index (κ3) is 3.37. The van der Waals surface area contributed by atoms with E-state index in [0.717, 1.165) is 18.7 Å². The number of aryl methyl sites for hydroxylation is 1. The lowest BCUT2D eigenvalue weighted by atomic mass is 10.3. The third-order valence-electron chi connectivity index (χ3n) is 2.45. The number of nitrogens with zero attached hydrogens (tertiary/aromatic N) is 3.